The zero-order valence-electron chi connectivity index (χ0n) is 10.9. The molecular weight excluding hydrogens is 228 g/mol. The lowest BCUT2D eigenvalue weighted by Crippen LogP contribution is -2.12. The van der Waals surface area contributed by atoms with Gasteiger partial charge >= 0.3 is 0 Å². The highest BCUT2D eigenvalue weighted by Crippen LogP contribution is 2.15. The van der Waals surface area contributed by atoms with E-state index in [0.717, 1.165) is 29.8 Å². The van der Waals surface area contributed by atoms with Gasteiger partial charge in [-0.15, -0.1) is 5.10 Å². The van der Waals surface area contributed by atoms with Gasteiger partial charge in [0.1, 0.15) is 0 Å². The summed E-state index contributed by atoms with van der Waals surface area (Å²) in [6.45, 7) is 6.17. The number of aromatic amines is 1. The zero-order valence-corrected chi connectivity index (χ0v) is 10.9. The van der Waals surface area contributed by atoms with Crippen molar-refractivity contribution in [2.45, 2.75) is 39.7 Å². The van der Waals surface area contributed by atoms with E-state index in [1.54, 1.807) is 6.20 Å². The van der Waals surface area contributed by atoms with Crippen LogP contribution in [0, 0.1) is 0 Å². The first-order valence-corrected chi connectivity index (χ1v) is 6.22. The van der Waals surface area contributed by atoms with Crippen LogP contribution >= 0.6 is 0 Å². The highest BCUT2D eigenvalue weighted by molar-refractivity contribution is 5.30. The molecule has 1 unspecified atom stereocenters. The Hall–Kier alpha value is -1.98. The molecule has 18 heavy (non-hydrogen) atoms. The number of hydrogen-bond acceptors (Lipinski definition) is 5. The molecule has 0 saturated heterocycles. The fourth-order valence-electron chi connectivity index (χ4n) is 1.77. The maximum atomic E-state index is 4.50. The molecule has 6 heteroatoms. The fourth-order valence-corrected chi connectivity index (χ4v) is 1.77. The quantitative estimate of drug-likeness (QED) is 0.842. The van der Waals surface area contributed by atoms with Gasteiger partial charge in [-0.05, 0) is 19.8 Å². The molecule has 2 aromatic rings. The largest absolute Gasteiger partial charge is 0.346 e. The number of nitrogens with one attached hydrogen (secondary N) is 2. The van der Waals surface area contributed by atoms with Crippen LogP contribution in [0.3, 0.4) is 0 Å². The smallest absolute Gasteiger partial charge is 0.243 e. The van der Waals surface area contributed by atoms with Gasteiger partial charge in [0.15, 0.2) is 0 Å². The van der Waals surface area contributed by atoms with Crippen LogP contribution in [-0.2, 0) is 12.8 Å². The molecule has 96 valence electrons. The summed E-state index contributed by atoms with van der Waals surface area (Å²) in [4.78, 5) is 4.50. The van der Waals surface area contributed by atoms with Crippen molar-refractivity contribution in [2.24, 2.45) is 0 Å². The fraction of sp³-hybridized carbons (Fsp3) is 0.500. The first-order valence-electron chi connectivity index (χ1n) is 6.22. The lowest BCUT2D eigenvalue weighted by atomic mass is 10.2. The summed E-state index contributed by atoms with van der Waals surface area (Å²) in [5, 5.41) is 18.2. The number of H-pyrrole nitrogens is 1. The highest BCUT2D eigenvalue weighted by Gasteiger charge is 2.10. The lowest BCUT2D eigenvalue weighted by molar-refractivity contribution is 0.790. The maximum absolute atomic E-state index is 4.50. The molecule has 2 N–H and O–H groups in total. The second-order valence-corrected chi connectivity index (χ2v) is 4.13. The van der Waals surface area contributed by atoms with E-state index in [2.05, 4.69) is 44.5 Å². The Bertz CT molecular complexity index is 493. The third-order valence-corrected chi connectivity index (χ3v) is 2.87. The molecule has 2 aromatic heterocycles. The Morgan fingerprint density at radius 2 is 2.00 bits per heavy atom. The highest BCUT2D eigenvalue weighted by atomic mass is 15.2. The van der Waals surface area contributed by atoms with Crippen LogP contribution in [0.1, 0.15) is 43.8 Å². The third kappa shape index (κ3) is 2.64. The summed E-state index contributed by atoms with van der Waals surface area (Å²) in [6, 6.07) is 0.0998. The van der Waals surface area contributed by atoms with Gasteiger partial charge in [0.05, 0.1) is 23.6 Å². The SMILES string of the molecule is CCc1nnc(NC(C)c2cn[nH]c2)nc1CC. The van der Waals surface area contributed by atoms with Crippen molar-refractivity contribution in [3.63, 3.8) is 0 Å². The standard InChI is InChI=1S/C12H18N6/c1-4-10-11(5-2)17-18-12(16-10)15-8(3)9-6-13-14-7-9/h6-8H,4-5H2,1-3H3,(H,13,14)(H,15,16,18). The number of aromatic nitrogens is 5. The molecule has 0 aromatic carbocycles. The molecular formula is C12H18N6. The average Bonchev–Trinajstić information content (AvgIpc) is 2.92. The first kappa shape index (κ1) is 12.5. The Morgan fingerprint density at radius 3 is 2.61 bits per heavy atom. The van der Waals surface area contributed by atoms with Gasteiger partial charge in [-0.2, -0.15) is 10.2 Å². The predicted molar refractivity (Wildman–Crippen MR) is 69.2 cm³/mol. The van der Waals surface area contributed by atoms with Gasteiger partial charge in [-0.1, -0.05) is 13.8 Å². The van der Waals surface area contributed by atoms with E-state index in [9.17, 15) is 0 Å². The molecule has 0 fully saturated rings. The van der Waals surface area contributed by atoms with E-state index in [1.807, 2.05) is 13.1 Å². The molecule has 0 radical (unpaired) electrons. The number of aryl methyl sites for hydroxylation is 2. The number of hydrogen-bond donors (Lipinski definition) is 2. The minimum absolute atomic E-state index is 0.0998. The molecule has 0 spiro atoms. The third-order valence-electron chi connectivity index (χ3n) is 2.87. The van der Waals surface area contributed by atoms with Crippen molar-refractivity contribution in [2.75, 3.05) is 5.32 Å². The van der Waals surface area contributed by atoms with Crippen LogP contribution in [0.4, 0.5) is 5.95 Å². The monoisotopic (exact) mass is 246 g/mol. The van der Waals surface area contributed by atoms with Crippen LogP contribution in [0.25, 0.3) is 0 Å². The summed E-state index contributed by atoms with van der Waals surface area (Å²) in [5.41, 5.74) is 3.05. The van der Waals surface area contributed by atoms with Crippen LogP contribution in [0.15, 0.2) is 12.4 Å². The van der Waals surface area contributed by atoms with Gasteiger partial charge in [0, 0.05) is 11.8 Å². The Labute approximate surface area is 106 Å². The van der Waals surface area contributed by atoms with Gasteiger partial charge in [0.25, 0.3) is 0 Å². The number of nitrogens with zero attached hydrogens (tertiary/aromatic N) is 4. The summed E-state index contributed by atoms with van der Waals surface area (Å²) in [7, 11) is 0. The minimum atomic E-state index is 0.0998. The topological polar surface area (TPSA) is 79.4 Å². The minimum Gasteiger partial charge on any atom is -0.346 e. The van der Waals surface area contributed by atoms with Crippen LogP contribution < -0.4 is 5.32 Å². The van der Waals surface area contributed by atoms with Crippen molar-refractivity contribution in [1.82, 2.24) is 25.4 Å². The van der Waals surface area contributed by atoms with E-state index >= 15 is 0 Å². The van der Waals surface area contributed by atoms with Gasteiger partial charge in [-0.3, -0.25) is 5.10 Å². The molecule has 0 saturated carbocycles. The van der Waals surface area contributed by atoms with E-state index in [1.165, 1.54) is 0 Å². The molecule has 0 bridgehead atoms. The Balaban J connectivity index is 2.14. The maximum Gasteiger partial charge on any atom is 0.243 e. The Kier molecular flexibility index (Phi) is 3.86. The second kappa shape index (κ2) is 5.57. The van der Waals surface area contributed by atoms with E-state index < -0.39 is 0 Å². The predicted octanol–water partition coefficient (Wildman–Crippen LogP) is 1.89. The summed E-state index contributed by atoms with van der Waals surface area (Å²) in [6.07, 6.45) is 5.37. The molecule has 1 atom stereocenters. The molecule has 2 rings (SSSR count). The van der Waals surface area contributed by atoms with Crippen molar-refractivity contribution in [3.8, 4) is 0 Å². The zero-order chi connectivity index (χ0) is 13.0. The molecule has 0 amide bonds. The van der Waals surface area contributed by atoms with Crippen molar-refractivity contribution in [1.29, 1.82) is 0 Å². The summed E-state index contributed by atoms with van der Waals surface area (Å²) < 4.78 is 0. The average molecular weight is 246 g/mol. The van der Waals surface area contributed by atoms with Crippen molar-refractivity contribution < 1.29 is 0 Å². The van der Waals surface area contributed by atoms with E-state index in [0.29, 0.717) is 5.95 Å². The second-order valence-electron chi connectivity index (χ2n) is 4.13. The molecule has 0 aliphatic carbocycles. The van der Waals surface area contributed by atoms with Crippen molar-refractivity contribution in [3.05, 3.63) is 29.3 Å². The Morgan fingerprint density at radius 1 is 1.22 bits per heavy atom. The van der Waals surface area contributed by atoms with Gasteiger partial charge in [-0.25, -0.2) is 4.98 Å². The van der Waals surface area contributed by atoms with Crippen molar-refractivity contribution >= 4 is 5.95 Å². The van der Waals surface area contributed by atoms with Crippen LogP contribution in [0.2, 0.25) is 0 Å². The molecule has 0 aliphatic rings. The number of anilines is 1. The molecule has 0 aliphatic heterocycles. The summed E-state index contributed by atoms with van der Waals surface area (Å²) in [5.74, 6) is 0.567. The number of rotatable bonds is 5. The van der Waals surface area contributed by atoms with Gasteiger partial charge in [0.2, 0.25) is 5.95 Å². The van der Waals surface area contributed by atoms with Crippen LogP contribution in [0.5, 0.6) is 0 Å². The summed E-state index contributed by atoms with van der Waals surface area (Å²) >= 11 is 0. The van der Waals surface area contributed by atoms with E-state index in [4.69, 9.17) is 0 Å². The molecule has 6 nitrogen and oxygen atoms in total. The molecule has 2 heterocycles. The van der Waals surface area contributed by atoms with Crippen LogP contribution in [-0.4, -0.2) is 25.4 Å². The lowest BCUT2D eigenvalue weighted by Gasteiger charge is -2.12. The normalized spacial score (nSPS) is 12.4. The van der Waals surface area contributed by atoms with E-state index in [-0.39, 0.29) is 6.04 Å². The van der Waals surface area contributed by atoms with Gasteiger partial charge < -0.3 is 5.32 Å². The first-order chi connectivity index (χ1) is 8.74.